The summed E-state index contributed by atoms with van der Waals surface area (Å²) in [5, 5.41) is 2.21. The molecule has 0 aromatic heterocycles. The number of anilines is 1. The number of benzene rings is 2. The van der Waals surface area contributed by atoms with E-state index < -0.39 is 17.1 Å². The van der Waals surface area contributed by atoms with Crippen LogP contribution >= 0.6 is 27.7 Å². The Labute approximate surface area is 175 Å². The van der Waals surface area contributed by atoms with E-state index in [4.69, 9.17) is 4.74 Å². The maximum absolute atomic E-state index is 12.5. The van der Waals surface area contributed by atoms with Crippen molar-refractivity contribution >= 4 is 56.5 Å². The molecule has 0 unspecified atom stereocenters. The number of nitrogens with zero attached hydrogens (tertiary/aromatic N) is 1. The minimum atomic E-state index is -0.472. The molecule has 0 bridgehead atoms. The minimum absolute atomic E-state index is 0.293. The molecule has 1 N–H and O–H groups in total. The highest BCUT2D eigenvalue weighted by Gasteiger charge is 2.36. The molecule has 8 heteroatoms. The molecular weight excluding hydrogens is 444 g/mol. The van der Waals surface area contributed by atoms with Gasteiger partial charge in [0.15, 0.2) is 0 Å². The smallest absolute Gasteiger partial charge is 0.294 e. The van der Waals surface area contributed by atoms with Crippen molar-refractivity contribution in [3.63, 3.8) is 0 Å². The molecule has 0 spiro atoms. The largest absolute Gasteiger partial charge is 0.494 e. The second kappa shape index (κ2) is 9.07. The summed E-state index contributed by atoms with van der Waals surface area (Å²) in [6.07, 6.45) is 1.64. The van der Waals surface area contributed by atoms with Crippen molar-refractivity contribution in [1.82, 2.24) is 4.90 Å². The summed E-state index contributed by atoms with van der Waals surface area (Å²) in [5.74, 6) is -0.222. The molecule has 1 saturated heterocycles. The SMILES string of the molecule is CCOc1ccc(NC(=O)CN2C(=O)S/C(=C\c3ccc(Br)cc3)C2=O)cc1. The number of amides is 3. The van der Waals surface area contributed by atoms with Crippen LogP contribution < -0.4 is 10.1 Å². The lowest BCUT2D eigenvalue weighted by molar-refractivity contribution is -0.127. The third-order valence-electron chi connectivity index (χ3n) is 3.79. The lowest BCUT2D eigenvalue weighted by atomic mass is 10.2. The Morgan fingerprint density at radius 1 is 1.14 bits per heavy atom. The number of ether oxygens (including phenoxy) is 1. The molecule has 28 heavy (non-hydrogen) atoms. The Balaban J connectivity index is 1.63. The monoisotopic (exact) mass is 460 g/mol. The zero-order valence-corrected chi connectivity index (χ0v) is 17.4. The van der Waals surface area contributed by atoms with Gasteiger partial charge in [-0.1, -0.05) is 28.1 Å². The number of halogens is 1. The van der Waals surface area contributed by atoms with E-state index in [0.29, 0.717) is 22.9 Å². The highest BCUT2D eigenvalue weighted by molar-refractivity contribution is 9.10. The number of imide groups is 1. The van der Waals surface area contributed by atoms with Gasteiger partial charge in [-0.25, -0.2) is 0 Å². The first-order chi connectivity index (χ1) is 13.5. The quantitative estimate of drug-likeness (QED) is 0.641. The van der Waals surface area contributed by atoms with E-state index in [9.17, 15) is 14.4 Å². The van der Waals surface area contributed by atoms with Crippen LogP contribution in [0.4, 0.5) is 10.5 Å². The Kier molecular flexibility index (Phi) is 6.53. The summed E-state index contributed by atoms with van der Waals surface area (Å²) in [6.45, 7) is 2.10. The summed E-state index contributed by atoms with van der Waals surface area (Å²) >= 11 is 4.18. The van der Waals surface area contributed by atoms with E-state index in [1.807, 2.05) is 31.2 Å². The van der Waals surface area contributed by atoms with Crippen molar-refractivity contribution in [2.75, 3.05) is 18.5 Å². The Morgan fingerprint density at radius 2 is 1.82 bits per heavy atom. The molecule has 1 aliphatic rings. The van der Waals surface area contributed by atoms with Gasteiger partial charge in [-0.05, 0) is 66.7 Å². The molecule has 144 valence electrons. The van der Waals surface area contributed by atoms with E-state index in [1.54, 1.807) is 30.3 Å². The van der Waals surface area contributed by atoms with Gasteiger partial charge in [0.1, 0.15) is 12.3 Å². The summed E-state index contributed by atoms with van der Waals surface area (Å²) in [5.41, 5.74) is 1.36. The van der Waals surface area contributed by atoms with Crippen molar-refractivity contribution in [1.29, 1.82) is 0 Å². The molecule has 0 radical (unpaired) electrons. The molecule has 1 heterocycles. The Bertz CT molecular complexity index is 926. The van der Waals surface area contributed by atoms with Crippen LogP contribution in [-0.2, 0) is 9.59 Å². The summed E-state index contributed by atoms with van der Waals surface area (Å²) in [7, 11) is 0. The third-order valence-corrected chi connectivity index (χ3v) is 5.23. The van der Waals surface area contributed by atoms with Crippen molar-refractivity contribution in [2.24, 2.45) is 0 Å². The van der Waals surface area contributed by atoms with Crippen LogP contribution in [0, 0.1) is 0 Å². The molecule has 6 nitrogen and oxygen atoms in total. The van der Waals surface area contributed by atoms with E-state index >= 15 is 0 Å². The zero-order chi connectivity index (χ0) is 20.1. The normalized spacial score (nSPS) is 15.2. The molecule has 2 aromatic rings. The van der Waals surface area contributed by atoms with Crippen molar-refractivity contribution in [2.45, 2.75) is 6.92 Å². The first-order valence-electron chi connectivity index (χ1n) is 8.50. The second-order valence-corrected chi connectivity index (χ2v) is 7.73. The molecule has 3 amide bonds. The predicted molar refractivity (Wildman–Crippen MR) is 113 cm³/mol. The first-order valence-corrected chi connectivity index (χ1v) is 10.1. The lowest BCUT2D eigenvalue weighted by Crippen LogP contribution is -2.36. The average molecular weight is 461 g/mol. The van der Waals surface area contributed by atoms with Gasteiger partial charge in [0.05, 0.1) is 11.5 Å². The Morgan fingerprint density at radius 3 is 2.46 bits per heavy atom. The van der Waals surface area contributed by atoms with Gasteiger partial charge in [0.25, 0.3) is 11.1 Å². The maximum Gasteiger partial charge on any atom is 0.294 e. The molecule has 0 atom stereocenters. The van der Waals surface area contributed by atoms with Crippen LogP contribution in [0.5, 0.6) is 5.75 Å². The van der Waals surface area contributed by atoms with Crippen LogP contribution in [0.15, 0.2) is 57.9 Å². The fourth-order valence-corrected chi connectivity index (χ4v) is 3.59. The number of rotatable bonds is 6. The van der Waals surface area contributed by atoms with Gasteiger partial charge in [-0.3, -0.25) is 19.3 Å². The van der Waals surface area contributed by atoms with E-state index in [1.165, 1.54) is 0 Å². The second-order valence-electron chi connectivity index (χ2n) is 5.82. The predicted octanol–water partition coefficient (Wildman–Crippen LogP) is 4.52. The summed E-state index contributed by atoms with van der Waals surface area (Å²) in [4.78, 5) is 38.2. The standard InChI is InChI=1S/C20H17BrN2O4S/c1-2-27-16-9-7-15(8-10-16)22-18(24)12-23-19(25)17(28-20(23)26)11-13-3-5-14(21)6-4-13/h3-11H,2,12H2,1H3,(H,22,24)/b17-11-. The van der Waals surface area contributed by atoms with Gasteiger partial charge < -0.3 is 10.1 Å². The molecule has 0 aliphatic carbocycles. The Hall–Kier alpha value is -2.58. The maximum atomic E-state index is 12.5. The van der Waals surface area contributed by atoms with Crippen molar-refractivity contribution in [3.05, 3.63) is 63.5 Å². The van der Waals surface area contributed by atoms with Crippen LogP contribution in [-0.4, -0.2) is 35.1 Å². The summed E-state index contributed by atoms with van der Waals surface area (Å²) < 4.78 is 6.27. The number of carbonyl (C=O) groups is 3. The van der Waals surface area contributed by atoms with Crippen LogP contribution in [0.2, 0.25) is 0 Å². The molecular formula is C20H17BrN2O4S. The molecule has 1 fully saturated rings. The fourth-order valence-electron chi connectivity index (χ4n) is 2.49. The number of nitrogens with one attached hydrogen (secondary N) is 1. The molecule has 2 aromatic carbocycles. The van der Waals surface area contributed by atoms with Crippen molar-refractivity contribution < 1.29 is 19.1 Å². The van der Waals surface area contributed by atoms with Gasteiger partial charge in [0.2, 0.25) is 5.91 Å². The highest BCUT2D eigenvalue weighted by atomic mass is 79.9. The van der Waals surface area contributed by atoms with Crippen LogP contribution in [0.1, 0.15) is 12.5 Å². The van der Waals surface area contributed by atoms with Gasteiger partial charge >= 0.3 is 0 Å². The fraction of sp³-hybridized carbons (Fsp3) is 0.150. The van der Waals surface area contributed by atoms with E-state index in [2.05, 4.69) is 21.2 Å². The highest BCUT2D eigenvalue weighted by Crippen LogP contribution is 2.32. The molecule has 0 saturated carbocycles. The lowest BCUT2D eigenvalue weighted by Gasteiger charge is -2.12. The molecule has 1 aliphatic heterocycles. The molecule has 3 rings (SSSR count). The number of hydrogen-bond acceptors (Lipinski definition) is 5. The number of thioether (sulfide) groups is 1. The van der Waals surface area contributed by atoms with Crippen LogP contribution in [0.25, 0.3) is 6.08 Å². The van der Waals surface area contributed by atoms with E-state index in [0.717, 1.165) is 26.7 Å². The first kappa shape index (κ1) is 20.2. The summed E-state index contributed by atoms with van der Waals surface area (Å²) in [6, 6.07) is 14.2. The van der Waals surface area contributed by atoms with Gasteiger partial charge in [-0.2, -0.15) is 0 Å². The van der Waals surface area contributed by atoms with Crippen LogP contribution in [0.3, 0.4) is 0 Å². The topological polar surface area (TPSA) is 75.7 Å². The number of carbonyl (C=O) groups excluding carboxylic acids is 3. The number of hydrogen-bond donors (Lipinski definition) is 1. The van der Waals surface area contributed by atoms with Crippen molar-refractivity contribution in [3.8, 4) is 5.75 Å². The van der Waals surface area contributed by atoms with E-state index in [-0.39, 0.29) is 6.54 Å². The zero-order valence-electron chi connectivity index (χ0n) is 15.0. The third kappa shape index (κ3) is 5.02. The van der Waals surface area contributed by atoms with Gasteiger partial charge in [-0.15, -0.1) is 0 Å². The van der Waals surface area contributed by atoms with Gasteiger partial charge in [0, 0.05) is 10.2 Å². The minimum Gasteiger partial charge on any atom is -0.494 e. The average Bonchev–Trinajstić information content (AvgIpc) is 2.93.